The number of alkyl halides is 2. The average molecular weight is 494 g/mol. The molecule has 1 saturated carbocycles. The summed E-state index contributed by atoms with van der Waals surface area (Å²) in [6.07, 6.45) is 2.04. The maximum atomic E-state index is 12.7. The lowest BCUT2D eigenvalue weighted by Gasteiger charge is -2.08. The van der Waals surface area contributed by atoms with Crippen LogP contribution in [0.4, 0.5) is 13.9 Å². The standard InChI is InChI=1S/C22H21F2N3O4S2/c1-13-19(15-7-9-17(10-8-15)31-21(23)24)26-22(32-13)27-20(28)16-3-2-4-18(11-16)33(29,30)25-12-14-5-6-14/h2-4,7-11,14,21,25H,5-6,12H2,1H3,(H,26,27,28). The minimum absolute atomic E-state index is 0.0258. The Labute approximate surface area is 193 Å². The van der Waals surface area contributed by atoms with Crippen LogP contribution >= 0.6 is 11.3 Å². The Morgan fingerprint density at radius 1 is 1.21 bits per heavy atom. The van der Waals surface area contributed by atoms with Gasteiger partial charge in [-0.25, -0.2) is 18.1 Å². The second-order valence-corrected chi connectivity index (χ2v) is 10.6. The average Bonchev–Trinajstić information content (AvgIpc) is 3.54. The van der Waals surface area contributed by atoms with Gasteiger partial charge in [0.1, 0.15) is 5.75 Å². The van der Waals surface area contributed by atoms with Crippen molar-refractivity contribution in [3.63, 3.8) is 0 Å². The lowest BCUT2D eigenvalue weighted by Crippen LogP contribution is -2.26. The van der Waals surface area contributed by atoms with Crippen LogP contribution in [0, 0.1) is 12.8 Å². The van der Waals surface area contributed by atoms with E-state index in [2.05, 4.69) is 19.8 Å². The summed E-state index contributed by atoms with van der Waals surface area (Å²) in [4.78, 5) is 18.0. The number of halogens is 2. The van der Waals surface area contributed by atoms with Gasteiger partial charge in [-0.05, 0) is 68.1 Å². The fourth-order valence-corrected chi connectivity index (χ4v) is 5.11. The first-order valence-corrected chi connectivity index (χ1v) is 12.4. The highest BCUT2D eigenvalue weighted by molar-refractivity contribution is 7.89. The van der Waals surface area contributed by atoms with Gasteiger partial charge >= 0.3 is 6.61 Å². The Hall–Kier alpha value is -2.89. The smallest absolute Gasteiger partial charge is 0.387 e. The monoisotopic (exact) mass is 493 g/mol. The first kappa shape index (κ1) is 23.3. The number of hydrogen-bond acceptors (Lipinski definition) is 6. The zero-order valence-corrected chi connectivity index (χ0v) is 19.2. The fraction of sp³-hybridized carbons (Fsp3) is 0.273. The van der Waals surface area contributed by atoms with Crippen molar-refractivity contribution in [1.82, 2.24) is 9.71 Å². The number of anilines is 1. The molecule has 1 amide bonds. The Bertz CT molecular complexity index is 1260. The van der Waals surface area contributed by atoms with E-state index in [9.17, 15) is 22.0 Å². The molecule has 11 heteroatoms. The molecule has 2 aromatic carbocycles. The van der Waals surface area contributed by atoms with Gasteiger partial charge in [0, 0.05) is 22.5 Å². The number of rotatable bonds is 9. The summed E-state index contributed by atoms with van der Waals surface area (Å²) in [6.45, 7) is -0.679. The number of ether oxygens (including phenoxy) is 1. The van der Waals surface area contributed by atoms with Gasteiger partial charge in [0.25, 0.3) is 5.91 Å². The zero-order chi connectivity index (χ0) is 23.6. The second-order valence-electron chi connectivity index (χ2n) is 7.60. The van der Waals surface area contributed by atoms with E-state index >= 15 is 0 Å². The number of carbonyl (C=O) groups is 1. The van der Waals surface area contributed by atoms with E-state index in [1.165, 1.54) is 47.7 Å². The number of hydrogen-bond donors (Lipinski definition) is 2. The van der Waals surface area contributed by atoms with Crippen LogP contribution in [0.2, 0.25) is 0 Å². The number of aromatic nitrogens is 1. The summed E-state index contributed by atoms with van der Waals surface area (Å²) in [5.41, 5.74) is 1.47. The van der Waals surface area contributed by atoms with Crippen molar-refractivity contribution < 1.29 is 26.7 Å². The van der Waals surface area contributed by atoms with E-state index < -0.39 is 22.5 Å². The highest BCUT2D eigenvalue weighted by Crippen LogP contribution is 2.32. The quantitative estimate of drug-likeness (QED) is 0.452. The van der Waals surface area contributed by atoms with Gasteiger partial charge in [-0.15, -0.1) is 11.3 Å². The van der Waals surface area contributed by atoms with Gasteiger partial charge in [0.15, 0.2) is 5.13 Å². The molecule has 4 rings (SSSR count). The van der Waals surface area contributed by atoms with E-state index in [4.69, 9.17) is 0 Å². The summed E-state index contributed by atoms with van der Waals surface area (Å²) in [6, 6.07) is 11.9. The second kappa shape index (κ2) is 9.54. The number of nitrogens with zero attached hydrogens (tertiary/aromatic N) is 1. The van der Waals surface area contributed by atoms with Gasteiger partial charge in [0.05, 0.1) is 10.6 Å². The van der Waals surface area contributed by atoms with Gasteiger partial charge < -0.3 is 4.74 Å². The molecule has 0 spiro atoms. The number of thiazole rings is 1. The van der Waals surface area contributed by atoms with Crippen molar-refractivity contribution >= 4 is 32.4 Å². The predicted octanol–water partition coefficient (Wildman–Crippen LogP) is 4.66. The number of sulfonamides is 1. The molecule has 0 atom stereocenters. The fourth-order valence-electron chi connectivity index (χ4n) is 3.12. The van der Waals surface area contributed by atoms with Crippen molar-refractivity contribution in [3.05, 3.63) is 59.0 Å². The molecule has 0 radical (unpaired) electrons. The molecule has 1 aliphatic carbocycles. The molecule has 174 valence electrons. The number of aryl methyl sites for hydroxylation is 1. The highest BCUT2D eigenvalue weighted by Gasteiger charge is 2.24. The van der Waals surface area contributed by atoms with Crippen LogP contribution in [0.15, 0.2) is 53.4 Å². The predicted molar refractivity (Wildman–Crippen MR) is 121 cm³/mol. The topological polar surface area (TPSA) is 97.4 Å². The number of benzene rings is 2. The molecule has 1 aliphatic rings. The van der Waals surface area contributed by atoms with E-state index in [1.807, 2.05) is 6.92 Å². The molecule has 0 bridgehead atoms. The van der Waals surface area contributed by atoms with Crippen molar-refractivity contribution in [3.8, 4) is 17.0 Å². The van der Waals surface area contributed by atoms with E-state index in [-0.39, 0.29) is 16.2 Å². The molecular formula is C22H21F2N3O4S2. The summed E-state index contributed by atoms with van der Waals surface area (Å²) in [5, 5.41) is 3.03. The van der Waals surface area contributed by atoms with Gasteiger partial charge in [-0.1, -0.05) is 6.07 Å². The minimum atomic E-state index is -3.69. The van der Waals surface area contributed by atoms with Gasteiger partial charge in [-0.2, -0.15) is 8.78 Å². The van der Waals surface area contributed by atoms with Crippen molar-refractivity contribution in [2.24, 2.45) is 5.92 Å². The normalized spacial score (nSPS) is 13.8. The molecular weight excluding hydrogens is 472 g/mol. The van der Waals surface area contributed by atoms with E-state index in [0.717, 1.165) is 17.7 Å². The Balaban J connectivity index is 1.47. The van der Waals surface area contributed by atoms with Crippen LogP contribution in [-0.2, 0) is 10.0 Å². The lowest BCUT2D eigenvalue weighted by molar-refractivity contribution is -0.0498. The lowest BCUT2D eigenvalue weighted by atomic mass is 10.1. The molecule has 7 nitrogen and oxygen atoms in total. The van der Waals surface area contributed by atoms with Crippen LogP contribution in [-0.4, -0.2) is 32.5 Å². The van der Waals surface area contributed by atoms with Crippen molar-refractivity contribution in [1.29, 1.82) is 0 Å². The summed E-state index contributed by atoms with van der Waals surface area (Å²) >= 11 is 1.25. The molecule has 1 heterocycles. The zero-order valence-electron chi connectivity index (χ0n) is 17.5. The number of amides is 1. The summed E-state index contributed by atoms with van der Waals surface area (Å²) < 4.78 is 56.5. The Kier molecular flexibility index (Phi) is 6.73. The highest BCUT2D eigenvalue weighted by atomic mass is 32.2. The molecule has 3 aromatic rings. The van der Waals surface area contributed by atoms with Crippen molar-refractivity contribution in [2.45, 2.75) is 31.3 Å². The van der Waals surface area contributed by atoms with Crippen LogP contribution in [0.25, 0.3) is 11.3 Å². The van der Waals surface area contributed by atoms with Gasteiger partial charge in [-0.3, -0.25) is 10.1 Å². The Morgan fingerprint density at radius 3 is 2.61 bits per heavy atom. The van der Waals surface area contributed by atoms with Crippen LogP contribution < -0.4 is 14.8 Å². The van der Waals surface area contributed by atoms with Crippen LogP contribution in [0.5, 0.6) is 5.75 Å². The molecule has 0 unspecified atom stereocenters. The first-order chi connectivity index (χ1) is 15.7. The minimum Gasteiger partial charge on any atom is -0.435 e. The Morgan fingerprint density at radius 2 is 1.94 bits per heavy atom. The third kappa shape index (κ3) is 5.92. The molecule has 1 aromatic heterocycles. The molecule has 33 heavy (non-hydrogen) atoms. The molecule has 0 saturated heterocycles. The third-order valence-corrected chi connectivity index (χ3v) is 7.34. The van der Waals surface area contributed by atoms with Crippen molar-refractivity contribution in [2.75, 3.05) is 11.9 Å². The maximum Gasteiger partial charge on any atom is 0.387 e. The number of nitrogens with one attached hydrogen (secondary N) is 2. The largest absolute Gasteiger partial charge is 0.435 e. The summed E-state index contributed by atoms with van der Waals surface area (Å²) in [5.74, 6) is -0.0616. The third-order valence-electron chi connectivity index (χ3n) is 5.04. The van der Waals surface area contributed by atoms with E-state index in [0.29, 0.717) is 28.9 Å². The van der Waals surface area contributed by atoms with Crippen LogP contribution in [0.1, 0.15) is 28.1 Å². The maximum absolute atomic E-state index is 12.7. The van der Waals surface area contributed by atoms with E-state index in [1.54, 1.807) is 12.1 Å². The molecule has 0 aliphatic heterocycles. The summed E-state index contributed by atoms with van der Waals surface area (Å²) in [7, 11) is -3.69. The first-order valence-electron chi connectivity index (χ1n) is 10.1. The SMILES string of the molecule is Cc1sc(NC(=O)c2cccc(S(=O)(=O)NCC3CC3)c2)nc1-c1ccc(OC(F)F)cc1. The van der Waals surface area contributed by atoms with Crippen LogP contribution in [0.3, 0.4) is 0 Å². The molecule has 2 N–H and O–H groups in total. The number of carbonyl (C=O) groups excluding carboxylic acids is 1. The van der Waals surface area contributed by atoms with Gasteiger partial charge in [0.2, 0.25) is 10.0 Å². The molecule has 1 fully saturated rings.